The minimum Gasteiger partial charge on any atom is -0.505 e. The number of phenolic OH excluding ortho intramolecular Hbond substituents is 1. The molecule has 0 radical (unpaired) electrons. The Morgan fingerprint density at radius 3 is 2.58 bits per heavy atom. The van der Waals surface area contributed by atoms with Gasteiger partial charge in [0.15, 0.2) is 17.4 Å². The molecule has 0 aliphatic heterocycles. The average Bonchev–Trinajstić information content (AvgIpc) is 3.32. The SMILES string of the molecule is [C-]#[N+]c1cnn(-c2ccccn2)c1/N=N/c1c(O)c(C(=O)Nc2ccc(C)cc2)cc2ccccc12. The van der Waals surface area contributed by atoms with Crippen LogP contribution in [0.2, 0.25) is 0 Å². The fraction of sp³-hybridized carbons (Fsp3) is 0.0370. The number of rotatable bonds is 5. The van der Waals surface area contributed by atoms with E-state index in [0.29, 0.717) is 22.3 Å². The lowest BCUT2D eigenvalue weighted by Crippen LogP contribution is -2.12. The molecule has 9 heteroatoms. The Kier molecular flexibility index (Phi) is 5.91. The van der Waals surface area contributed by atoms with Crippen molar-refractivity contribution in [2.24, 2.45) is 10.2 Å². The van der Waals surface area contributed by atoms with Crippen LogP contribution in [0.25, 0.3) is 21.4 Å². The first-order valence-corrected chi connectivity index (χ1v) is 11.0. The third kappa shape index (κ3) is 4.26. The molecule has 0 atom stereocenters. The molecule has 5 aromatic rings. The normalized spacial score (nSPS) is 11.0. The van der Waals surface area contributed by atoms with Gasteiger partial charge in [-0.25, -0.2) is 14.5 Å². The summed E-state index contributed by atoms with van der Waals surface area (Å²) in [5.74, 6) is -0.197. The number of benzene rings is 3. The Labute approximate surface area is 206 Å². The molecule has 0 fully saturated rings. The first-order chi connectivity index (χ1) is 17.5. The van der Waals surface area contributed by atoms with Crippen molar-refractivity contribution in [3.63, 3.8) is 0 Å². The van der Waals surface area contributed by atoms with Crippen LogP contribution >= 0.6 is 0 Å². The van der Waals surface area contributed by atoms with Crippen molar-refractivity contribution in [3.05, 3.63) is 108 Å². The predicted molar refractivity (Wildman–Crippen MR) is 137 cm³/mol. The molecular weight excluding hydrogens is 454 g/mol. The van der Waals surface area contributed by atoms with Gasteiger partial charge in [-0.3, -0.25) is 4.79 Å². The fourth-order valence-electron chi connectivity index (χ4n) is 3.68. The number of amides is 1. The molecule has 1 amide bonds. The topological polar surface area (TPSA) is 109 Å². The van der Waals surface area contributed by atoms with Gasteiger partial charge >= 0.3 is 0 Å². The van der Waals surface area contributed by atoms with Gasteiger partial charge < -0.3 is 10.4 Å². The summed E-state index contributed by atoms with van der Waals surface area (Å²) < 4.78 is 1.39. The molecule has 2 aromatic heterocycles. The molecule has 0 unspecified atom stereocenters. The van der Waals surface area contributed by atoms with Crippen LogP contribution in [0.15, 0.2) is 95.4 Å². The standard InChI is InChI=1S/C27H19N7O2/c1-17-10-12-19(13-11-17)31-27(36)21-15-18-7-3-4-8-20(18)24(25(21)35)32-33-26-22(28-2)16-30-34(26)23-9-5-6-14-29-23/h3-16,35H,1H3,(H,31,36)/b33-32+. The number of aromatic nitrogens is 3. The van der Waals surface area contributed by atoms with Crippen molar-refractivity contribution in [1.29, 1.82) is 0 Å². The van der Waals surface area contributed by atoms with Gasteiger partial charge in [0.1, 0.15) is 5.69 Å². The number of nitrogens with one attached hydrogen (secondary N) is 1. The molecule has 174 valence electrons. The molecule has 3 aromatic carbocycles. The van der Waals surface area contributed by atoms with Crippen LogP contribution in [0, 0.1) is 13.5 Å². The van der Waals surface area contributed by atoms with Crippen molar-refractivity contribution in [2.75, 3.05) is 5.32 Å². The molecule has 0 aliphatic carbocycles. The lowest BCUT2D eigenvalue weighted by Gasteiger charge is -2.11. The third-order valence-electron chi connectivity index (χ3n) is 5.51. The minimum atomic E-state index is -0.487. The number of aromatic hydroxyl groups is 1. The summed E-state index contributed by atoms with van der Waals surface area (Å²) in [6.45, 7) is 9.43. The Hall–Kier alpha value is -5.36. The molecule has 2 heterocycles. The maximum absolute atomic E-state index is 13.1. The van der Waals surface area contributed by atoms with Crippen LogP contribution in [0.1, 0.15) is 15.9 Å². The van der Waals surface area contributed by atoms with E-state index in [1.165, 1.54) is 10.9 Å². The van der Waals surface area contributed by atoms with Gasteiger partial charge in [-0.2, -0.15) is 5.10 Å². The summed E-state index contributed by atoms with van der Waals surface area (Å²) in [5.41, 5.74) is 1.98. The van der Waals surface area contributed by atoms with Crippen LogP contribution in [0.3, 0.4) is 0 Å². The van der Waals surface area contributed by atoms with Crippen molar-refractivity contribution in [1.82, 2.24) is 14.8 Å². The van der Waals surface area contributed by atoms with E-state index in [0.717, 1.165) is 5.56 Å². The summed E-state index contributed by atoms with van der Waals surface area (Å²) in [6, 6.07) is 21.5. The van der Waals surface area contributed by atoms with E-state index >= 15 is 0 Å². The summed E-state index contributed by atoms with van der Waals surface area (Å²) >= 11 is 0. The summed E-state index contributed by atoms with van der Waals surface area (Å²) in [6.07, 6.45) is 2.98. The van der Waals surface area contributed by atoms with Gasteiger partial charge in [-0.05, 0) is 42.6 Å². The number of phenols is 1. The van der Waals surface area contributed by atoms with Gasteiger partial charge in [0.2, 0.25) is 0 Å². The first-order valence-electron chi connectivity index (χ1n) is 11.0. The van der Waals surface area contributed by atoms with Gasteiger partial charge in [-0.15, -0.1) is 10.2 Å². The molecule has 5 rings (SSSR count). The molecule has 0 saturated heterocycles. The van der Waals surface area contributed by atoms with Crippen LogP contribution in [0.4, 0.5) is 22.9 Å². The molecule has 0 aliphatic rings. The van der Waals surface area contributed by atoms with E-state index in [-0.39, 0.29) is 28.5 Å². The Bertz CT molecular complexity index is 1650. The van der Waals surface area contributed by atoms with Gasteiger partial charge in [0.05, 0.1) is 18.3 Å². The number of pyridine rings is 1. The Morgan fingerprint density at radius 2 is 1.83 bits per heavy atom. The average molecular weight is 473 g/mol. The molecule has 36 heavy (non-hydrogen) atoms. The predicted octanol–water partition coefficient (Wildman–Crippen LogP) is 6.65. The summed E-state index contributed by atoms with van der Waals surface area (Å²) in [4.78, 5) is 20.8. The third-order valence-corrected chi connectivity index (χ3v) is 5.51. The van der Waals surface area contributed by atoms with E-state index in [1.807, 2.05) is 31.2 Å². The van der Waals surface area contributed by atoms with E-state index in [4.69, 9.17) is 6.57 Å². The van der Waals surface area contributed by atoms with Crippen molar-refractivity contribution >= 4 is 39.6 Å². The van der Waals surface area contributed by atoms with E-state index in [9.17, 15) is 9.90 Å². The van der Waals surface area contributed by atoms with E-state index in [2.05, 4.69) is 30.5 Å². The van der Waals surface area contributed by atoms with Crippen LogP contribution in [-0.2, 0) is 0 Å². The highest BCUT2D eigenvalue weighted by Gasteiger charge is 2.19. The van der Waals surface area contributed by atoms with Crippen molar-refractivity contribution in [3.8, 4) is 11.6 Å². The van der Waals surface area contributed by atoms with Gasteiger partial charge in [0, 0.05) is 17.3 Å². The molecular formula is C27H19N7O2. The van der Waals surface area contributed by atoms with Crippen LogP contribution in [-0.4, -0.2) is 25.8 Å². The number of anilines is 1. The molecule has 0 spiro atoms. The fourth-order valence-corrected chi connectivity index (χ4v) is 3.68. The van der Waals surface area contributed by atoms with Gasteiger partial charge in [-0.1, -0.05) is 48.0 Å². The number of azo groups is 1. The molecule has 2 N–H and O–H groups in total. The second-order valence-corrected chi connectivity index (χ2v) is 7.93. The Balaban J connectivity index is 1.60. The number of aryl methyl sites for hydroxylation is 1. The number of carbonyl (C=O) groups is 1. The summed E-state index contributed by atoms with van der Waals surface area (Å²) in [5, 5.41) is 28.0. The maximum atomic E-state index is 13.1. The molecule has 0 saturated carbocycles. The van der Waals surface area contributed by atoms with Gasteiger partial charge in [0.25, 0.3) is 11.6 Å². The zero-order valence-corrected chi connectivity index (χ0v) is 19.1. The first kappa shape index (κ1) is 22.4. The zero-order valence-electron chi connectivity index (χ0n) is 19.1. The second-order valence-electron chi connectivity index (χ2n) is 7.93. The van der Waals surface area contributed by atoms with Crippen molar-refractivity contribution in [2.45, 2.75) is 6.92 Å². The van der Waals surface area contributed by atoms with Crippen LogP contribution in [0.5, 0.6) is 5.75 Å². The monoisotopic (exact) mass is 473 g/mol. The number of nitrogens with zero attached hydrogens (tertiary/aromatic N) is 6. The lowest BCUT2D eigenvalue weighted by atomic mass is 10.0. The highest BCUT2D eigenvalue weighted by atomic mass is 16.3. The molecule has 9 nitrogen and oxygen atoms in total. The maximum Gasteiger partial charge on any atom is 0.259 e. The highest BCUT2D eigenvalue weighted by molar-refractivity contribution is 6.11. The number of hydrogen-bond acceptors (Lipinski definition) is 6. The van der Waals surface area contributed by atoms with Crippen molar-refractivity contribution < 1.29 is 9.90 Å². The number of carbonyl (C=O) groups excluding carboxylic acids is 1. The second kappa shape index (κ2) is 9.48. The number of hydrogen-bond donors (Lipinski definition) is 2. The minimum absolute atomic E-state index is 0.0480. The van der Waals surface area contributed by atoms with E-state index in [1.54, 1.807) is 54.7 Å². The number of fused-ring (bicyclic) bond motifs is 1. The van der Waals surface area contributed by atoms with E-state index < -0.39 is 5.91 Å². The highest BCUT2D eigenvalue weighted by Crippen LogP contribution is 2.40. The zero-order chi connectivity index (χ0) is 25.1. The molecule has 0 bridgehead atoms. The smallest absolute Gasteiger partial charge is 0.259 e. The Morgan fingerprint density at radius 1 is 1.06 bits per heavy atom. The quantitative estimate of drug-likeness (QED) is 0.220. The van der Waals surface area contributed by atoms with Crippen LogP contribution < -0.4 is 5.32 Å². The summed E-state index contributed by atoms with van der Waals surface area (Å²) in [7, 11) is 0. The largest absolute Gasteiger partial charge is 0.505 e. The lowest BCUT2D eigenvalue weighted by molar-refractivity contribution is 0.102.